The zero-order valence-electron chi connectivity index (χ0n) is 14.1. The third kappa shape index (κ3) is 2.95. The van der Waals surface area contributed by atoms with Gasteiger partial charge in [-0.2, -0.15) is 9.40 Å². The number of anilines is 1. The number of sulfonamides is 1. The van der Waals surface area contributed by atoms with Crippen molar-refractivity contribution in [2.45, 2.75) is 32.7 Å². The minimum atomic E-state index is -3.20. The summed E-state index contributed by atoms with van der Waals surface area (Å²) < 4.78 is 25.6. The topological polar surface area (TPSA) is 69.3 Å². The van der Waals surface area contributed by atoms with Crippen molar-refractivity contribution in [1.82, 2.24) is 14.5 Å². The largest absolute Gasteiger partial charge is 0.368 e. The molecule has 1 N–H and O–H groups in total. The minimum absolute atomic E-state index is 0.440. The predicted molar refractivity (Wildman–Crippen MR) is 93.3 cm³/mol. The molecule has 2 aromatic rings. The van der Waals surface area contributed by atoms with Gasteiger partial charge in [0.05, 0.1) is 18.0 Å². The summed E-state index contributed by atoms with van der Waals surface area (Å²) in [4.78, 5) is 2.28. The van der Waals surface area contributed by atoms with Crippen molar-refractivity contribution in [3.8, 4) is 0 Å². The van der Waals surface area contributed by atoms with Crippen LogP contribution in [0.5, 0.6) is 0 Å². The number of piperazine rings is 1. The van der Waals surface area contributed by atoms with Gasteiger partial charge < -0.3 is 4.90 Å². The van der Waals surface area contributed by atoms with Gasteiger partial charge in [0, 0.05) is 36.2 Å². The van der Waals surface area contributed by atoms with Crippen molar-refractivity contribution in [3.63, 3.8) is 0 Å². The number of rotatable bonds is 3. The van der Waals surface area contributed by atoms with E-state index in [0.29, 0.717) is 19.6 Å². The lowest BCUT2D eigenvalue weighted by atomic mass is 10.00. The van der Waals surface area contributed by atoms with Crippen molar-refractivity contribution < 1.29 is 8.42 Å². The minimum Gasteiger partial charge on any atom is -0.368 e. The van der Waals surface area contributed by atoms with E-state index in [-0.39, 0.29) is 0 Å². The highest BCUT2D eigenvalue weighted by atomic mass is 32.2. The van der Waals surface area contributed by atoms with Gasteiger partial charge in [-0.1, -0.05) is 6.92 Å². The number of benzene rings is 1. The number of aromatic amines is 1. The summed E-state index contributed by atoms with van der Waals surface area (Å²) in [7, 11) is -3.20. The van der Waals surface area contributed by atoms with Gasteiger partial charge in [0.2, 0.25) is 10.0 Å². The fourth-order valence-corrected chi connectivity index (χ4v) is 4.88. The molecule has 23 heavy (non-hydrogen) atoms. The van der Waals surface area contributed by atoms with E-state index in [1.54, 1.807) is 4.31 Å². The SMILES string of the molecule is CCc1cc(N2CCN(S(C)(=O)=O)C(C)(C)C2)c2cn[nH]c2c1. The Morgan fingerprint density at radius 2 is 2.04 bits per heavy atom. The Morgan fingerprint density at radius 1 is 1.30 bits per heavy atom. The van der Waals surface area contributed by atoms with Crippen molar-refractivity contribution in [3.05, 3.63) is 23.9 Å². The number of fused-ring (bicyclic) bond motifs is 1. The van der Waals surface area contributed by atoms with Crippen LogP contribution in [0, 0.1) is 0 Å². The first-order valence-electron chi connectivity index (χ1n) is 7.91. The first-order chi connectivity index (χ1) is 10.7. The van der Waals surface area contributed by atoms with Gasteiger partial charge in [0.15, 0.2) is 0 Å². The summed E-state index contributed by atoms with van der Waals surface area (Å²) in [5.41, 5.74) is 2.97. The van der Waals surface area contributed by atoms with Crippen LogP contribution in [-0.4, -0.2) is 54.3 Å². The van der Waals surface area contributed by atoms with Crippen LogP contribution in [-0.2, 0) is 16.4 Å². The van der Waals surface area contributed by atoms with E-state index >= 15 is 0 Å². The van der Waals surface area contributed by atoms with E-state index in [9.17, 15) is 8.42 Å². The molecule has 7 heteroatoms. The molecule has 0 saturated carbocycles. The van der Waals surface area contributed by atoms with Crippen LogP contribution < -0.4 is 4.90 Å². The number of nitrogens with one attached hydrogen (secondary N) is 1. The highest BCUT2D eigenvalue weighted by Gasteiger charge is 2.39. The summed E-state index contributed by atoms with van der Waals surface area (Å²) in [6.45, 7) is 7.94. The number of aromatic nitrogens is 2. The Kier molecular flexibility index (Phi) is 3.88. The third-order valence-electron chi connectivity index (χ3n) is 4.57. The summed E-state index contributed by atoms with van der Waals surface area (Å²) in [5, 5.41) is 8.30. The number of hydrogen-bond donors (Lipinski definition) is 1. The van der Waals surface area contributed by atoms with Crippen LogP contribution in [0.4, 0.5) is 5.69 Å². The maximum absolute atomic E-state index is 12.0. The maximum atomic E-state index is 12.0. The molecule has 1 aromatic carbocycles. The number of hydrogen-bond acceptors (Lipinski definition) is 4. The lowest BCUT2D eigenvalue weighted by molar-refractivity contribution is 0.206. The van der Waals surface area contributed by atoms with Crippen LogP contribution in [0.2, 0.25) is 0 Å². The van der Waals surface area contributed by atoms with Gasteiger partial charge in [-0.15, -0.1) is 0 Å². The fraction of sp³-hybridized carbons (Fsp3) is 0.562. The van der Waals surface area contributed by atoms with Crippen LogP contribution in [0.3, 0.4) is 0 Å². The molecular formula is C16H24N4O2S. The van der Waals surface area contributed by atoms with Crippen molar-refractivity contribution in [1.29, 1.82) is 0 Å². The second-order valence-corrected chi connectivity index (χ2v) is 8.78. The normalized spacial score (nSPS) is 19.4. The Labute approximate surface area is 137 Å². The van der Waals surface area contributed by atoms with Crippen molar-refractivity contribution >= 4 is 26.6 Å². The average molecular weight is 336 g/mol. The second kappa shape index (κ2) is 5.49. The molecule has 0 bridgehead atoms. The molecule has 1 aliphatic rings. The highest BCUT2D eigenvalue weighted by Crippen LogP contribution is 2.32. The zero-order chi connectivity index (χ0) is 16.8. The summed E-state index contributed by atoms with van der Waals surface area (Å²) >= 11 is 0. The Hall–Kier alpha value is -1.60. The van der Waals surface area contributed by atoms with E-state index in [2.05, 4.69) is 34.2 Å². The molecule has 2 heterocycles. The second-order valence-electron chi connectivity index (χ2n) is 6.87. The van der Waals surface area contributed by atoms with Gasteiger partial charge in [-0.25, -0.2) is 8.42 Å². The number of H-pyrrole nitrogens is 1. The molecule has 1 fully saturated rings. The number of aryl methyl sites for hydroxylation is 1. The first kappa shape index (κ1) is 16.3. The molecule has 1 saturated heterocycles. The van der Waals surface area contributed by atoms with Crippen LogP contribution >= 0.6 is 0 Å². The van der Waals surface area contributed by atoms with Gasteiger partial charge in [0.1, 0.15) is 0 Å². The standard InChI is InChI=1S/C16H24N4O2S/c1-5-12-8-14-13(10-17-18-14)15(9-12)19-6-7-20(23(4,21)22)16(2,3)11-19/h8-10H,5-7,11H2,1-4H3,(H,17,18). The lowest BCUT2D eigenvalue weighted by Gasteiger charge is -2.46. The third-order valence-corrected chi connectivity index (χ3v) is 6.05. The van der Waals surface area contributed by atoms with Gasteiger partial charge in [-0.05, 0) is 38.0 Å². The molecule has 0 radical (unpaired) electrons. The Morgan fingerprint density at radius 3 is 2.65 bits per heavy atom. The lowest BCUT2D eigenvalue weighted by Crippen LogP contribution is -2.60. The molecule has 1 aliphatic heterocycles. The van der Waals surface area contributed by atoms with Gasteiger partial charge in [-0.3, -0.25) is 5.10 Å². The summed E-state index contributed by atoms with van der Waals surface area (Å²) in [6, 6.07) is 4.33. The van der Waals surface area contributed by atoms with Crippen LogP contribution in [0.1, 0.15) is 26.3 Å². The van der Waals surface area contributed by atoms with E-state index in [0.717, 1.165) is 23.0 Å². The predicted octanol–water partition coefficient (Wildman–Crippen LogP) is 1.99. The molecule has 3 rings (SSSR count). The van der Waals surface area contributed by atoms with E-state index in [1.165, 1.54) is 11.8 Å². The average Bonchev–Trinajstić information content (AvgIpc) is 2.91. The zero-order valence-corrected chi connectivity index (χ0v) is 14.9. The van der Waals surface area contributed by atoms with E-state index in [4.69, 9.17) is 0 Å². The maximum Gasteiger partial charge on any atom is 0.211 e. The van der Waals surface area contributed by atoms with Crippen molar-refractivity contribution in [2.24, 2.45) is 0 Å². The molecule has 1 aromatic heterocycles. The Balaban J connectivity index is 2.00. The molecule has 0 atom stereocenters. The molecular weight excluding hydrogens is 312 g/mol. The number of nitrogens with zero attached hydrogens (tertiary/aromatic N) is 3. The molecule has 0 spiro atoms. The molecule has 6 nitrogen and oxygen atoms in total. The molecule has 0 amide bonds. The smallest absolute Gasteiger partial charge is 0.211 e. The Bertz CT molecular complexity index is 826. The van der Waals surface area contributed by atoms with Crippen LogP contribution in [0.15, 0.2) is 18.3 Å². The van der Waals surface area contributed by atoms with Crippen LogP contribution in [0.25, 0.3) is 10.9 Å². The fourth-order valence-electron chi connectivity index (χ4n) is 3.52. The van der Waals surface area contributed by atoms with Gasteiger partial charge >= 0.3 is 0 Å². The van der Waals surface area contributed by atoms with E-state index in [1.807, 2.05) is 20.0 Å². The molecule has 126 valence electrons. The monoisotopic (exact) mass is 336 g/mol. The quantitative estimate of drug-likeness (QED) is 0.930. The molecule has 0 unspecified atom stereocenters. The summed E-state index contributed by atoms with van der Waals surface area (Å²) in [6.07, 6.45) is 4.09. The first-order valence-corrected chi connectivity index (χ1v) is 9.76. The highest BCUT2D eigenvalue weighted by molar-refractivity contribution is 7.88. The van der Waals surface area contributed by atoms with E-state index < -0.39 is 15.6 Å². The molecule has 0 aliphatic carbocycles. The van der Waals surface area contributed by atoms with Gasteiger partial charge in [0.25, 0.3) is 0 Å². The van der Waals surface area contributed by atoms with Crippen molar-refractivity contribution in [2.75, 3.05) is 30.8 Å². The summed E-state index contributed by atoms with van der Waals surface area (Å²) in [5.74, 6) is 0.